The zero-order valence-electron chi connectivity index (χ0n) is 12.8. The minimum atomic E-state index is -0.474. The third kappa shape index (κ3) is 4.78. The topological polar surface area (TPSA) is 78.7 Å². The van der Waals surface area contributed by atoms with Gasteiger partial charge in [-0.2, -0.15) is 0 Å². The molecule has 0 bridgehead atoms. The molecule has 2 rings (SSSR count). The Morgan fingerprint density at radius 1 is 1.23 bits per heavy atom. The first kappa shape index (κ1) is 16.4. The fourth-order valence-electron chi connectivity index (χ4n) is 2.41. The van der Waals surface area contributed by atoms with Crippen molar-refractivity contribution in [1.82, 2.24) is 15.1 Å². The van der Waals surface area contributed by atoms with Crippen LogP contribution in [0.15, 0.2) is 24.3 Å². The first-order valence-corrected chi connectivity index (χ1v) is 7.50. The van der Waals surface area contributed by atoms with Crippen molar-refractivity contribution in [1.29, 1.82) is 0 Å². The highest BCUT2D eigenvalue weighted by Gasteiger charge is 2.13. The summed E-state index contributed by atoms with van der Waals surface area (Å²) in [6, 6.07) is 5.65. The largest absolute Gasteiger partial charge is 0.352 e. The SMILES string of the molecule is CN1CCN(CCCNC(=O)c2ccc([N+](=O)[O-])cc2)CC1. The molecule has 0 aromatic heterocycles. The van der Waals surface area contributed by atoms with E-state index in [2.05, 4.69) is 22.2 Å². The summed E-state index contributed by atoms with van der Waals surface area (Å²) in [5.74, 6) is -0.187. The Morgan fingerprint density at radius 3 is 2.45 bits per heavy atom. The molecule has 7 heteroatoms. The van der Waals surface area contributed by atoms with Crippen LogP contribution in [0.25, 0.3) is 0 Å². The van der Waals surface area contributed by atoms with Crippen molar-refractivity contribution >= 4 is 11.6 Å². The maximum atomic E-state index is 11.9. The zero-order chi connectivity index (χ0) is 15.9. The number of nitrogens with zero attached hydrogens (tertiary/aromatic N) is 3. The second kappa shape index (κ2) is 7.86. The van der Waals surface area contributed by atoms with Crippen LogP contribution in [0.1, 0.15) is 16.8 Å². The molecular weight excluding hydrogens is 284 g/mol. The second-order valence-electron chi connectivity index (χ2n) is 5.56. The van der Waals surface area contributed by atoms with E-state index in [9.17, 15) is 14.9 Å². The van der Waals surface area contributed by atoms with Crippen LogP contribution < -0.4 is 5.32 Å². The molecule has 1 fully saturated rings. The van der Waals surface area contributed by atoms with Crippen molar-refractivity contribution in [2.24, 2.45) is 0 Å². The molecule has 1 amide bonds. The molecular formula is C15H22N4O3. The fraction of sp³-hybridized carbons (Fsp3) is 0.533. The van der Waals surface area contributed by atoms with Crippen molar-refractivity contribution in [2.75, 3.05) is 46.3 Å². The van der Waals surface area contributed by atoms with Gasteiger partial charge in [0, 0.05) is 50.4 Å². The Bertz CT molecular complexity index is 510. The molecule has 120 valence electrons. The number of nitro groups is 1. The molecule has 7 nitrogen and oxygen atoms in total. The summed E-state index contributed by atoms with van der Waals surface area (Å²) in [5, 5.41) is 13.4. The summed E-state index contributed by atoms with van der Waals surface area (Å²) in [7, 11) is 2.13. The standard InChI is InChI=1S/C15H22N4O3/c1-17-9-11-18(12-10-17)8-2-7-16-15(20)13-3-5-14(6-4-13)19(21)22/h3-6H,2,7-12H2,1H3,(H,16,20). The molecule has 1 aliphatic rings. The summed E-state index contributed by atoms with van der Waals surface area (Å²) in [4.78, 5) is 26.7. The van der Waals surface area contributed by atoms with E-state index in [1.165, 1.54) is 24.3 Å². The minimum Gasteiger partial charge on any atom is -0.352 e. The van der Waals surface area contributed by atoms with Crippen LogP contribution >= 0.6 is 0 Å². The molecule has 1 aromatic rings. The number of hydrogen-bond donors (Lipinski definition) is 1. The molecule has 0 radical (unpaired) electrons. The van der Waals surface area contributed by atoms with E-state index in [0.29, 0.717) is 12.1 Å². The average Bonchev–Trinajstić information content (AvgIpc) is 2.53. The number of hydrogen-bond acceptors (Lipinski definition) is 5. The molecule has 0 aliphatic carbocycles. The van der Waals surface area contributed by atoms with Crippen molar-refractivity contribution in [3.05, 3.63) is 39.9 Å². The Labute approximate surface area is 130 Å². The normalized spacial score (nSPS) is 16.4. The molecule has 0 unspecified atom stereocenters. The van der Waals surface area contributed by atoms with Crippen molar-refractivity contribution in [3.63, 3.8) is 0 Å². The monoisotopic (exact) mass is 306 g/mol. The third-order valence-electron chi connectivity index (χ3n) is 3.87. The van der Waals surface area contributed by atoms with Crippen LogP contribution in [0.5, 0.6) is 0 Å². The van der Waals surface area contributed by atoms with Gasteiger partial charge in [0.15, 0.2) is 0 Å². The summed E-state index contributed by atoms with van der Waals surface area (Å²) in [6.07, 6.45) is 0.905. The predicted octanol–water partition coefficient (Wildman–Crippen LogP) is 0.962. The summed E-state index contributed by atoms with van der Waals surface area (Å²) >= 11 is 0. The number of likely N-dealkylation sites (N-methyl/N-ethyl adjacent to an activating group) is 1. The molecule has 0 atom stereocenters. The molecule has 22 heavy (non-hydrogen) atoms. The molecule has 1 saturated heterocycles. The smallest absolute Gasteiger partial charge is 0.269 e. The van der Waals surface area contributed by atoms with Gasteiger partial charge in [-0.25, -0.2) is 0 Å². The van der Waals surface area contributed by atoms with Crippen molar-refractivity contribution in [3.8, 4) is 0 Å². The number of carbonyl (C=O) groups excluding carboxylic acids is 1. The highest BCUT2D eigenvalue weighted by molar-refractivity contribution is 5.94. The molecule has 1 N–H and O–H groups in total. The predicted molar refractivity (Wildman–Crippen MR) is 84.0 cm³/mol. The lowest BCUT2D eigenvalue weighted by molar-refractivity contribution is -0.384. The van der Waals surface area contributed by atoms with Crippen LogP contribution in [0.3, 0.4) is 0 Å². The van der Waals surface area contributed by atoms with E-state index < -0.39 is 4.92 Å². The van der Waals surface area contributed by atoms with Gasteiger partial charge in [-0.15, -0.1) is 0 Å². The van der Waals surface area contributed by atoms with Crippen LogP contribution in [0.2, 0.25) is 0 Å². The van der Waals surface area contributed by atoms with Crippen molar-refractivity contribution in [2.45, 2.75) is 6.42 Å². The van der Waals surface area contributed by atoms with E-state index in [-0.39, 0.29) is 11.6 Å². The number of amides is 1. The lowest BCUT2D eigenvalue weighted by Crippen LogP contribution is -2.45. The summed E-state index contributed by atoms with van der Waals surface area (Å²) in [6.45, 7) is 5.93. The number of benzene rings is 1. The Morgan fingerprint density at radius 2 is 1.86 bits per heavy atom. The number of rotatable bonds is 6. The van der Waals surface area contributed by atoms with Crippen LogP contribution in [-0.2, 0) is 0 Å². The fourth-order valence-corrected chi connectivity index (χ4v) is 2.41. The van der Waals surface area contributed by atoms with E-state index in [1.54, 1.807) is 0 Å². The number of carbonyl (C=O) groups is 1. The van der Waals surface area contributed by atoms with Gasteiger partial charge in [-0.05, 0) is 32.1 Å². The van der Waals surface area contributed by atoms with Gasteiger partial charge in [0.25, 0.3) is 11.6 Å². The number of nitrogens with one attached hydrogen (secondary N) is 1. The first-order valence-electron chi connectivity index (χ1n) is 7.50. The van der Waals surface area contributed by atoms with E-state index >= 15 is 0 Å². The number of non-ortho nitro benzene ring substituents is 1. The van der Waals surface area contributed by atoms with Crippen LogP contribution in [0.4, 0.5) is 5.69 Å². The first-order chi connectivity index (χ1) is 10.6. The van der Waals surface area contributed by atoms with E-state index in [1.807, 2.05) is 0 Å². The lowest BCUT2D eigenvalue weighted by Gasteiger charge is -2.32. The van der Waals surface area contributed by atoms with Gasteiger partial charge >= 0.3 is 0 Å². The van der Waals surface area contributed by atoms with E-state index in [0.717, 1.165) is 39.1 Å². The van der Waals surface area contributed by atoms with E-state index in [4.69, 9.17) is 0 Å². The quantitative estimate of drug-likeness (QED) is 0.481. The van der Waals surface area contributed by atoms with Crippen LogP contribution in [0, 0.1) is 10.1 Å². The second-order valence-corrected chi connectivity index (χ2v) is 5.56. The molecule has 0 spiro atoms. The zero-order valence-corrected chi connectivity index (χ0v) is 12.8. The van der Waals surface area contributed by atoms with Crippen molar-refractivity contribution < 1.29 is 9.72 Å². The number of piperazine rings is 1. The summed E-state index contributed by atoms with van der Waals surface area (Å²) < 4.78 is 0. The molecule has 1 heterocycles. The van der Waals surface area contributed by atoms with Gasteiger partial charge in [-0.3, -0.25) is 14.9 Å². The third-order valence-corrected chi connectivity index (χ3v) is 3.87. The Balaban J connectivity index is 1.68. The maximum absolute atomic E-state index is 11.9. The van der Waals surface area contributed by atoms with Gasteiger partial charge in [0.2, 0.25) is 0 Å². The maximum Gasteiger partial charge on any atom is 0.269 e. The molecule has 1 aliphatic heterocycles. The lowest BCUT2D eigenvalue weighted by atomic mass is 10.2. The van der Waals surface area contributed by atoms with Gasteiger partial charge in [0.05, 0.1) is 4.92 Å². The minimum absolute atomic E-state index is 0.00776. The molecule has 1 aromatic carbocycles. The highest BCUT2D eigenvalue weighted by atomic mass is 16.6. The Kier molecular flexibility index (Phi) is 5.85. The Hall–Kier alpha value is -1.99. The number of nitro benzene ring substituents is 1. The van der Waals surface area contributed by atoms with Gasteiger partial charge < -0.3 is 15.1 Å². The van der Waals surface area contributed by atoms with Gasteiger partial charge in [-0.1, -0.05) is 0 Å². The summed E-state index contributed by atoms with van der Waals surface area (Å²) in [5.41, 5.74) is 0.441. The van der Waals surface area contributed by atoms with Crippen LogP contribution in [-0.4, -0.2) is 66.9 Å². The highest BCUT2D eigenvalue weighted by Crippen LogP contribution is 2.11. The van der Waals surface area contributed by atoms with Gasteiger partial charge in [0.1, 0.15) is 0 Å². The average molecular weight is 306 g/mol. The molecule has 0 saturated carbocycles.